The fourth-order valence-electron chi connectivity index (χ4n) is 3.48. The van der Waals surface area contributed by atoms with Gasteiger partial charge in [-0.1, -0.05) is 48.5 Å². The monoisotopic (exact) mass is 390 g/mol. The van der Waals surface area contributed by atoms with Gasteiger partial charge in [0.25, 0.3) is 0 Å². The number of benzene rings is 2. The lowest BCUT2D eigenvalue weighted by Gasteiger charge is -2.26. The van der Waals surface area contributed by atoms with Crippen LogP contribution in [0, 0.1) is 0 Å². The lowest BCUT2D eigenvalue weighted by atomic mass is 10.1. The number of amides is 1. The molecule has 3 aromatic rings. The third-order valence-electron chi connectivity index (χ3n) is 5.05. The van der Waals surface area contributed by atoms with E-state index in [9.17, 15) is 4.79 Å². The number of nitrogens with zero attached hydrogens (tertiary/aromatic N) is 3. The van der Waals surface area contributed by atoms with Gasteiger partial charge in [-0.15, -0.1) is 0 Å². The molecule has 0 radical (unpaired) electrons. The van der Waals surface area contributed by atoms with Crippen molar-refractivity contribution in [2.45, 2.75) is 13.0 Å². The van der Waals surface area contributed by atoms with E-state index in [0.717, 1.165) is 22.5 Å². The first-order chi connectivity index (χ1) is 14.3. The average Bonchev–Trinajstić information content (AvgIpc) is 3.22. The van der Waals surface area contributed by atoms with Crippen LogP contribution in [0.4, 0.5) is 0 Å². The van der Waals surface area contributed by atoms with E-state index < -0.39 is 0 Å². The van der Waals surface area contributed by atoms with Crippen molar-refractivity contribution in [3.8, 4) is 16.9 Å². The molecule has 29 heavy (non-hydrogen) atoms. The maximum Gasteiger partial charge on any atom is 0.224 e. The molecule has 6 nitrogen and oxygen atoms in total. The molecule has 1 N–H and O–H groups in total. The van der Waals surface area contributed by atoms with Crippen molar-refractivity contribution in [3.05, 3.63) is 72.4 Å². The number of hydrogen-bond acceptors (Lipinski definition) is 4. The highest BCUT2D eigenvalue weighted by molar-refractivity contribution is 5.76. The Labute approximate surface area is 171 Å². The summed E-state index contributed by atoms with van der Waals surface area (Å²) >= 11 is 0. The molecule has 2 aromatic carbocycles. The van der Waals surface area contributed by atoms with Gasteiger partial charge in [0, 0.05) is 49.9 Å². The van der Waals surface area contributed by atoms with E-state index in [-0.39, 0.29) is 5.91 Å². The number of hydrogen-bond donors (Lipinski definition) is 1. The summed E-state index contributed by atoms with van der Waals surface area (Å²) in [5.74, 6) is 0.184. The number of carbonyl (C=O) groups is 1. The van der Waals surface area contributed by atoms with Crippen molar-refractivity contribution in [1.29, 1.82) is 0 Å². The van der Waals surface area contributed by atoms with Crippen LogP contribution >= 0.6 is 0 Å². The van der Waals surface area contributed by atoms with Gasteiger partial charge in [0.05, 0.1) is 24.6 Å². The lowest BCUT2D eigenvalue weighted by molar-refractivity contribution is -0.135. The van der Waals surface area contributed by atoms with Gasteiger partial charge >= 0.3 is 0 Å². The molecule has 4 rings (SSSR count). The summed E-state index contributed by atoms with van der Waals surface area (Å²) in [6.45, 7) is 3.96. The Morgan fingerprint density at radius 2 is 1.69 bits per heavy atom. The number of morpholine rings is 1. The molecule has 1 fully saturated rings. The predicted octanol–water partition coefficient (Wildman–Crippen LogP) is 2.88. The predicted molar refractivity (Wildman–Crippen MR) is 113 cm³/mol. The SMILES string of the molecule is O=C(CCNCc1cn(-c2ccccc2)nc1-c1ccccc1)N1CCOCC1. The van der Waals surface area contributed by atoms with Gasteiger partial charge in [-0.3, -0.25) is 4.79 Å². The quantitative estimate of drug-likeness (QED) is 0.630. The summed E-state index contributed by atoms with van der Waals surface area (Å²) in [6.07, 6.45) is 2.56. The third-order valence-corrected chi connectivity index (χ3v) is 5.05. The number of aromatic nitrogens is 2. The molecule has 1 aromatic heterocycles. The number of rotatable bonds is 7. The molecule has 0 spiro atoms. The molecule has 0 saturated carbocycles. The molecular formula is C23H26N4O2. The zero-order valence-corrected chi connectivity index (χ0v) is 16.5. The van der Waals surface area contributed by atoms with Crippen molar-refractivity contribution in [2.75, 3.05) is 32.8 Å². The molecule has 1 amide bonds. The lowest BCUT2D eigenvalue weighted by Crippen LogP contribution is -2.41. The first-order valence-electron chi connectivity index (χ1n) is 10.1. The third kappa shape index (κ3) is 4.91. The van der Waals surface area contributed by atoms with Crippen LogP contribution < -0.4 is 5.32 Å². The van der Waals surface area contributed by atoms with Gasteiger partial charge in [0.1, 0.15) is 0 Å². The number of carbonyl (C=O) groups excluding carboxylic acids is 1. The van der Waals surface area contributed by atoms with E-state index in [4.69, 9.17) is 9.84 Å². The normalized spacial score (nSPS) is 14.1. The van der Waals surface area contributed by atoms with Crippen LogP contribution in [-0.4, -0.2) is 53.4 Å². The molecule has 0 atom stereocenters. The molecular weight excluding hydrogens is 364 g/mol. The molecule has 1 aliphatic rings. The van der Waals surface area contributed by atoms with Crippen molar-refractivity contribution in [2.24, 2.45) is 0 Å². The summed E-state index contributed by atoms with van der Waals surface area (Å²) < 4.78 is 7.22. The Kier molecular flexibility index (Phi) is 6.34. The molecule has 0 bridgehead atoms. The van der Waals surface area contributed by atoms with Crippen molar-refractivity contribution >= 4 is 5.91 Å². The van der Waals surface area contributed by atoms with E-state index in [1.54, 1.807) is 0 Å². The number of para-hydroxylation sites is 1. The largest absolute Gasteiger partial charge is 0.378 e. The fraction of sp³-hybridized carbons (Fsp3) is 0.304. The first-order valence-corrected chi connectivity index (χ1v) is 10.1. The van der Waals surface area contributed by atoms with Crippen LogP contribution in [0.2, 0.25) is 0 Å². The van der Waals surface area contributed by atoms with Gasteiger partial charge in [-0.25, -0.2) is 4.68 Å². The minimum Gasteiger partial charge on any atom is -0.378 e. The maximum atomic E-state index is 12.3. The molecule has 1 aliphatic heterocycles. The van der Waals surface area contributed by atoms with E-state index >= 15 is 0 Å². The maximum absolute atomic E-state index is 12.3. The molecule has 150 valence electrons. The van der Waals surface area contributed by atoms with Crippen LogP contribution in [0.15, 0.2) is 66.9 Å². The second-order valence-electron chi connectivity index (χ2n) is 7.07. The van der Waals surface area contributed by atoms with Gasteiger partial charge < -0.3 is 15.0 Å². The van der Waals surface area contributed by atoms with Crippen molar-refractivity contribution in [3.63, 3.8) is 0 Å². The highest BCUT2D eigenvalue weighted by atomic mass is 16.5. The summed E-state index contributed by atoms with van der Waals surface area (Å²) in [7, 11) is 0. The second-order valence-corrected chi connectivity index (χ2v) is 7.07. The molecule has 6 heteroatoms. The van der Waals surface area contributed by atoms with E-state index in [0.29, 0.717) is 45.8 Å². The van der Waals surface area contributed by atoms with E-state index in [1.807, 2.05) is 58.1 Å². The Balaban J connectivity index is 1.43. The smallest absolute Gasteiger partial charge is 0.224 e. The van der Waals surface area contributed by atoms with Crippen LogP contribution in [0.25, 0.3) is 16.9 Å². The Morgan fingerprint density at radius 1 is 1.00 bits per heavy atom. The highest BCUT2D eigenvalue weighted by Gasteiger charge is 2.16. The van der Waals surface area contributed by atoms with E-state index in [2.05, 4.69) is 23.6 Å². The van der Waals surface area contributed by atoms with Crippen LogP contribution in [0.5, 0.6) is 0 Å². The highest BCUT2D eigenvalue weighted by Crippen LogP contribution is 2.23. The standard InChI is InChI=1S/C23H26N4O2/c28-22(26-13-15-29-16-14-26)11-12-24-17-20-18-27(21-9-5-2-6-10-21)25-23(20)19-7-3-1-4-8-19/h1-10,18,24H,11-17H2. The van der Waals surface area contributed by atoms with Crippen molar-refractivity contribution < 1.29 is 9.53 Å². The average molecular weight is 390 g/mol. The fourth-order valence-corrected chi connectivity index (χ4v) is 3.48. The minimum atomic E-state index is 0.184. The van der Waals surface area contributed by atoms with E-state index in [1.165, 1.54) is 0 Å². The van der Waals surface area contributed by atoms with Gasteiger partial charge in [0.2, 0.25) is 5.91 Å². The summed E-state index contributed by atoms with van der Waals surface area (Å²) in [5.41, 5.74) is 4.18. The summed E-state index contributed by atoms with van der Waals surface area (Å²) in [4.78, 5) is 14.2. The second kappa shape index (κ2) is 9.49. The first kappa shape index (κ1) is 19.4. The molecule has 1 saturated heterocycles. The summed E-state index contributed by atoms with van der Waals surface area (Å²) in [5, 5.41) is 8.24. The Morgan fingerprint density at radius 3 is 2.41 bits per heavy atom. The summed E-state index contributed by atoms with van der Waals surface area (Å²) in [6, 6.07) is 20.3. The number of ether oxygens (including phenoxy) is 1. The molecule has 2 heterocycles. The zero-order valence-electron chi connectivity index (χ0n) is 16.5. The van der Waals surface area contributed by atoms with Crippen LogP contribution in [0.1, 0.15) is 12.0 Å². The van der Waals surface area contributed by atoms with Crippen molar-refractivity contribution in [1.82, 2.24) is 20.0 Å². The number of nitrogens with one attached hydrogen (secondary N) is 1. The van der Waals surface area contributed by atoms with Crippen LogP contribution in [-0.2, 0) is 16.1 Å². The van der Waals surface area contributed by atoms with Gasteiger partial charge in [-0.05, 0) is 12.1 Å². The Bertz CT molecular complexity index is 919. The zero-order chi connectivity index (χ0) is 19.9. The van der Waals surface area contributed by atoms with Crippen LogP contribution in [0.3, 0.4) is 0 Å². The minimum absolute atomic E-state index is 0.184. The topological polar surface area (TPSA) is 59.4 Å². The van der Waals surface area contributed by atoms with Gasteiger partial charge in [-0.2, -0.15) is 5.10 Å². The molecule has 0 aliphatic carbocycles. The Hall–Kier alpha value is -2.96. The molecule has 0 unspecified atom stereocenters. The van der Waals surface area contributed by atoms with Gasteiger partial charge in [0.15, 0.2) is 0 Å².